The molecule has 0 fully saturated rings. The summed E-state index contributed by atoms with van der Waals surface area (Å²) < 4.78 is 5.77. The summed E-state index contributed by atoms with van der Waals surface area (Å²) in [5.41, 5.74) is 1.98. The summed E-state index contributed by atoms with van der Waals surface area (Å²) in [6.45, 7) is 0. The molecule has 5 nitrogen and oxygen atoms in total. The quantitative estimate of drug-likeness (QED) is 0.447. The lowest BCUT2D eigenvalue weighted by atomic mass is 9.93. The van der Waals surface area contributed by atoms with E-state index in [2.05, 4.69) is 0 Å². The molecule has 0 saturated heterocycles. The molecule has 134 valence electrons. The Kier molecular flexibility index (Phi) is 4.06. The molecule has 0 radical (unpaired) electrons. The van der Waals surface area contributed by atoms with Gasteiger partial charge in [0.05, 0.1) is 15.6 Å². The molecule has 0 bridgehead atoms. The maximum absolute atomic E-state index is 11.9. The molecule has 2 aromatic carbocycles. The first-order valence-electron chi connectivity index (χ1n) is 7.77. The van der Waals surface area contributed by atoms with E-state index in [1.165, 1.54) is 30.3 Å². The van der Waals surface area contributed by atoms with Gasteiger partial charge in [0.2, 0.25) is 5.43 Å². The molecule has 0 unspecified atom stereocenters. The molecule has 27 heavy (non-hydrogen) atoms. The molecule has 0 atom stereocenters. The highest BCUT2D eigenvalue weighted by Gasteiger charge is 2.20. The number of phenolic OH excluding ortho intramolecular Hbond substituents is 1. The third-order valence-electron chi connectivity index (χ3n) is 4.26. The van der Waals surface area contributed by atoms with Crippen LogP contribution < -0.4 is 5.43 Å². The maximum Gasteiger partial charge on any atom is 0.335 e. The number of fused-ring (bicyclic) bond motifs is 2. The molecule has 0 spiro atoms. The van der Waals surface area contributed by atoms with Crippen LogP contribution in [0.5, 0.6) is 5.75 Å². The van der Waals surface area contributed by atoms with Gasteiger partial charge in [0.25, 0.3) is 0 Å². The Morgan fingerprint density at radius 3 is 2.33 bits per heavy atom. The summed E-state index contributed by atoms with van der Waals surface area (Å²) >= 11 is 12.1. The minimum Gasteiger partial charge on any atom is -0.506 e. The summed E-state index contributed by atoms with van der Waals surface area (Å²) in [5.74, 6) is -0.905. The molecule has 0 amide bonds. The number of carbonyl (C=O) groups is 1. The molecule has 0 aromatic heterocycles. The van der Waals surface area contributed by atoms with Crippen LogP contribution in [0.1, 0.15) is 10.4 Å². The van der Waals surface area contributed by atoms with Gasteiger partial charge in [0.15, 0.2) is 0 Å². The molecule has 4 rings (SSSR count). The second kappa shape index (κ2) is 6.30. The van der Waals surface area contributed by atoms with E-state index in [1.54, 1.807) is 18.2 Å². The van der Waals surface area contributed by atoms with Crippen LogP contribution in [0.2, 0.25) is 10.0 Å². The van der Waals surface area contributed by atoms with Crippen molar-refractivity contribution >= 4 is 40.1 Å². The van der Waals surface area contributed by atoms with E-state index in [-0.39, 0.29) is 27.1 Å². The van der Waals surface area contributed by atoms with Gasteiger partial charge in [-0.15, -0.1) is 0 Å². The smallest absolute Gasteiger partial charge is 0.335 e. The van der Waals surface area contributed by atoms with Crippen molar-refractivity contribution in [3.05, 3.63) is 74.4 Å². The first kappa shape index (κ1) is 17.4. The lowest BCUT2D eigenvalue weighted by Gasteiger charge is -2.16. The standard InChI is InChI=1S/C20H10Cl2O5/c21-13-5-11-17(7-15(13)23)27-18-8-16(24)14(22)6-12(18)19(11)9-1-3-10(4-2-9)20(25)26/h1-8,23H,(H,25,26). The number of carboxylic acids is 1. The maximum atomic E-state index is 11.9. The number of phenols is 1. The van der Waals surface area contributed by atoms with Gasteiger partial charge in [-0.3, -0.25) is 4.79 Å². The topological polar surface area (TPSA) is 87.7 Å². The highest BCUT2D eigenvalue weighted by atomic mass is 35.5. The Hall–Kier alpha value is -3.02. The molecule has 2 N–H and O–H groups in total. The molecule has 7 heteroatoms. The lowest BCUT2D eigenvalue weighted by Crippen LogP contribution is -2.02. The molecule has 1 aliphatic heterocycles. The van der Waals surface area contributed by atoms with Crippen LogP contribution >= 0.6 is 23.2 Å². The van der Waals surface area contributed by atoms with Crippen LogP contribution in [0.3, 0.4) is 0 Å². The second-order valence-electron chi connectivity index (χ2n) is 5.94. The number of carboxylic acid groups (broad SMARTS) is 1. The molecule has 2 aromatic rings. The van der Waals surface area contributed by atoms with Gasteiger partial charge in [-0.1, -0.05) is 35.3 Å². The van der Waals surface area contributed by atoms with Crippen LogP contribution in [0.15, 0.2) is 57.7 Å². The third kappa shape index (κ3) is 2.91. The normalized spacial score (nSPS) is 11.2. The van der Waals surface area contributed by atoms with E-state index < -0.39 is 11.4 Å². The minimum absolute atomic E-state index is 0.0327. The van der Waals surface area contributed by atoms with Crippen LogP contribution in [0.25, 0.3) is 33.4 Å². The number of benzene rings is 3. The zero-order valence-corrected chi connectivity index (χ0v) is 15.0. The van der Waals surface area contributed by atoms with Gasteiger partial charge >= 0.3 is 5.97 Å². The summed E-state index contributed by atoms with van der Waals surface area (Å²) in [4.78, 5) is 23.1. The number of halogens is 2. The zero-order valence-electron chi connectivity index (χ0n) is 13.5. The zero-order chi connectivity index (χ0) is 19.3. The van der Waals surface area contributed by atoms with Crippen molar-refractivity contribution in [1.29, 1.82) is 0 Å². The van der Waals surface area contributed by atoms with E-state index in [9.17, 15) is 14.7 Å². The fraction of sp³-hybridized carbons (Fsp3) is 0. The average molecular weight is 401 g/mol. The van der Waals surface area contributed by atoms with E-state index in [1.807, 2.05) is 0 Å². The summed E-state index contributed by atoms with van der Waals surface area (Å²) in [6.07, 6.45) is 0. The molecule has 1 heterocycles. The van der Waals surface area contributed by atoms with Crippen molar-refractivity contribution in [2.45, 2.75) is 0 Å². The van der Waals surface area contributed by atoms with E-state index >= 15 is 0 Å². The third-order valence-corrected chi connectivity index (χ3v) is 4.86. The van der Waals surface area contributed by atoms with Gasteiger partial charge in [0.1, 0.15) is 17.1 Å². The van der Waals surface area contributed by atoms with Crippen molar-refractivity contribution < 1.29 is 19.4 Å². The first-order chi connectivity index (χ1) is 12.8. The van der Waals surface area contributed by atoms with Crippen LogP contribution in [-0.4, -0.2) is 16.2 Å². The molecule has 1 aliphatic carbocycles. The van der Waals surface area contributed by atoms with Crippen molar-refractivity contribution in [2.24, 2.45) is 0 Å². The van der Waals surface area contributed by atoms with Crippen molar-refractivity contribution in [1.82, 2.24) is 0 Å². The van der Waals surface area contributed by atoms with Crippen LogP contribution in [0.4, 0.5) is 0 Å². The Bertz CT molecular complexity index is 1240. The summed E-state index contributed by atoms with van der Waals surface area (Å²) in [6, 6.07) is 12.0. The summed E-state index contributed by atoms with van der Waals surface area (Å²) in [7, 11) is 0. The highest BCUT2D eigenvalue weighted by Crippen LogP contribution is 2.43. The highest BCUT2D eigenvalue weighted by molar-refractivity contribution is 6.33. The second-order valence-corrected chi connectivity index (χ2v) is 6.75. The lowest BCUT2D eigenvalue weighted by molar-refractivity contribution is 0.0697. The SMILES string of the molecule is O=C(O)c1ccc(-c2c3cc(Cl)c(=O)cc-3oc3cc(O)c(Cl)cc23)cc1. The monoisotopic (exact) mass is 400 g/mol. The van der Waals surface area contributed by atoms with Crippen LogP contribution in [-0.2, 0) is 0 Å². The first-order valence-corrected chi connectivity index (χ1v) is 8.53. The largest absolute Gasteiger partial charge is 0.506 e. The Morgan fingerprint density at radius 2 is 1.67 bits per heavy atom. The van der Waals surface area contributed by atoms with Crippen LogP contribution in [0, 0.1) is 0 Å². The molecule has 0 saturated carbocycles. The molecular weight excluding hydrogens is 391 g/mol. The average Bonchev–Trinajstić information content (AvgIpc) is 2.63. The number of aromatic hydroxyl groups is 1. The van der Waals surface area contributed by atoms with E-state index in [4.69, 9.17) is 32.7 Å². The van der Waals surface area contributed by atoms with Gasteiger partial charge in [-0.2, -0.15) is 0 Å². The van der Waals surface area contributed by atoms with Crippen molar-refractivity contribution in [2.75, 3.05) is 0 Å². The predicted octanol–water partition coefficient (Wildman–Crippen LogP) is 5.28. The molecular formula is C20H10Cl2O5. The summed E-state index contributed by atoms with van der Waals surface area (Å²) in [5, 5.41) is 19.8. The fourth-order valence-corrected chi connectivity index (χ4v) is 3.32. The number of hydrogen-bond acceptors (Lipinski definition) is 4. The number of aromatic carboxylic acids is 1. The Morgan fingerprint density at radius 1 is 0.963 bits per heavy atom. The van der Waals surface area contributed by atoms with Gasteiger partial charge in [-0.05, 0) is 29.8 Å². The predicted molar refractivity (Wildman–Crippen MR) is 103 cm³/mol. The van der Waals surface area contributed by atoms with Gasteiger partial charge in [0, 0.05) is 28.6 Å². The Labute approximate surface area is 162 Å². The van der Waals surface area contributed by atoms with E-state index in [0.717, 1.165) is 0 Å². The molecule has 2 aliphatic rings. The van der Waals surface area contributed by atoms with E-state index in [0.29, 0.717) is 27.7 Å². The van der Waals surface area contributed by atoms with Gasteiger partial charge < -0.3 is 14.6 Å². The fourth-order valence-electron chi connectivity index (χ4n) is 2.99. The number of rotatable bonds is 2. The minimum atomic E-state index is -1.04. The van der Waals surface area contributed by atoms with Crippen molar-refractivity contribution in [3.63, 3.8) is 0 Å². The number of hydrogen-bond donors (Lipinski definition) is 2. The van der Waals surface area contributed by atoms with Crippen molar-refractivity contribution in [3.8, 4) is 28.2 Å². The van der Waals surface area contributed by atoms with Gasteiger partial charge in [-0.25, -0.2) is 4.79 Å². The Balaban J connectivity index is 2.14.